The van der Waals surface area contributed by atoms with Crippen molar-refractivity contribution in [2.24, 2.45) is 5.92 Å². The molecule has 0 bridgehead atoms. The Balaban J connectivity index is 1.59. The zero-order valence-corrected chi connectivity index (χ0v) is 11.8. The second kappa shape index (κ2) is 5.28. The molecule has 0 aliphatic heterocycles. The molecule has 1 saturated carbocycles. The number of hydrogen-bond donors (Lipinski definition) is 0. The van der Waals surface area contributed by atoms with Gasteiger partial charge >= 0.3 is 0 Å². The maximum absolute atomic E-state index is 5.22. The highest BCUT2D eigenvalue weighted by atomic mass is 32.2. The van der Waals surface area contributed by atoms with Crippen LogP contribution in [-0.2, 0) is 12.2 Å². The standard InChI is InChI=1S/C11H16N6OS/c1-7(2)5-9-12-10(18-14-9)6-19-11-13-15-16-17(11)8-3-4-8/h7-8H,3-6H2,1-2H3. The highest BCUT2D eigenvalue weighted by molar-refractivity contribution is 7.98. The van der Waals surface area contributed by atoms with Crippen LogP contribution in [0.25, 0.3) is 0 Å². The van der Waals surface area contributed by atoms with Crippen molar-refractivity contribution < 1.29 is 4.52 Å². The highest BCUT2D eigenvalue weighted by Crippen LogP contribution is 2.36. The quantitative estimate of drug-likeness (QED) is 0.747. The molecule has 1 aliphatic rings. The van der Waals surface area contributed by atoms with Crippen molar-refractivity contribution in [2.75, 3.05) is 0 Å². The lowest BCUT2D eigenvalue weighted by Gasteiger charge is -1.99. The summed E-state index contributed by atoms with van der Waals surface area (Å²) in [5, 5.41) is 16.5. The summed E-state index contributed by atoms with van der Waals surface area (Å²) in [6.07, 6.45) is 3.17. The van der Waals surface area contributed by atoms with Crippen molar-refractivity contribution in [2.45, 2.75) is 50.1 Å². The molecule has 1 fully saturated rings. The number of nitrogens with zero attached hydrogens (tertiary/aromatic N) is 6. The first-order valence-electron chi connectivity index (χ1n) is 6.44. The highest BCUT2D eigenvalue weighted by Gasteiger charge is 2.28. The maximum Gasteiger partial charge on any atom is 0.237 e. The Kier molecular flexibility index (Phi) is 3.50. The van der Waals surface area contributed by atoms with E-state index in [-0.39, 0.29) is 0 Å². The molecular formula is C11H16N6OS. The first-order chi connectivity index (χ1) is 9.22. The third-order valence-electron chi connectivity index (χ3n) is 2.78. The largest absolute Gasteiger partial charge is 0.338 e. The Hall–Kier alpha value is -1.44. The first kappa shape index (κ1) is 12.6. The van der Waals surface area contributed by atoms with Crippen molar-refractivity contribution in [3.63, 3.8) is 0 Å². The van der Waals surface area contributed by atoms with Gasteiger partial charge in [0, 0.05) is 6.42 Å². The van der Waals surface area contributed by atoms with Gasteiger partial charge in [-0.2, -0.15) is 4.98 Å². The summed E-state index contributed by atoms with van der Waals surface area (Å²) < 4.78 is 7.10. The third-order valence-corrected chi connectivity index (χ3v) is 3.70. The number of thioether (sulfide) groups is 1. The average Bonchev–Trinajstić information content (AvgIpc) is 2.94. The van der Waals surface area contributed by atoms with E-state index in [2.05, 4.69) is 39.5 Å². The molecule has 0 aromatic carbocycles. The minimum atomic E-state index is 0.483. The molecule has 2 heterocycles. The molecule has 102 valence electrons. The molecule has 0 radical (unpaired) electrons. The molecule has 0 spiro atoms. The fourth-order valence-corrected chi connectivity index (χ4v) is 2.53. The van der Waals surface area contributed by atoms with Crippen LogP contribution in [0, 0.1) is 5.92 Å². The van der Waals surface area contributed by atoms with E-state index >= 15 is 0 Å². The fraction of sp³-hybridized carbons (Fsp3) is 0.727. The molecule has 0 unspecified atom stereocenters. The van der Waals surface area contributed by atoms with Gasteiger partial charge in [0.05, 0.1) is 11.8 Å². The Morgan fingerprint density at radius 2 is 2.26 bits per heavy atom. The van der Waals surface area contributed by atoms with Gasteiger partial charge in [0.1, 0.15) is 0 Å². The Labute approximate surface area is 115 Å². The van der Waals surface area contributed by atoms with Crippen molar-refractivity contribution in [1.29, 1.82) is 0 Å². The van der Waals surface area contributed by atoms with Crippen LogP contribution < -0.4 is 0 Å². The van der Waals surface area contributed by atoms with Crippen molar-refractivity contribution in [3.05, 3.63) is 11.7 Å². The second-order valence-electron chi connectivity index (χ2n) is 5.13. The summed E-state index contributed by atoms with van der Waals surface area (Å²) in [7, 11) is 0. The van der Waals surface area contributed by atoms with Crippen LogP contribution >= 0.6 is 11.8 Å². The normalized spacial score (nSPS) is 15.3. The molecule has 0 atom stereocenters. The van der Waals surface area contributed by atoms with Gasteiger partial charge in [-0.05, 0) is 29.2 Å². The van der Waals surface area contributed by atoms with Crippen LogP contribution in [0.1, 0.15) is 44.4 Å². The van der Waals surface area contributed by atoms with Gasteiger partial charge in [-0.3, -0.25) is 0 Å². The summed E-state index contributed by atoms with van der Waals surface area (Å²) in [5.74, 6) is 2.54. The number of tetrazole rings is 1. The van der Waals surface area contributed by atoms with Gasteiger partial charge < -0.3 is 4.52 Å². The third kappa shape index (κ3) is 3.12. The van der Waals surface area contributed by atoms with Crippen LogP contribution in [0.3, 0.4) is 0 Å². The molecule has 7 nitrogen and oxygen atoms in total. The van der Waals surface area contributed by atoms with Gasteiger partial charge in [0.25, 0.3) is 0 Å². The van der Waals surface area contributed by atoms with Crippen molar-refractivity contribution >= 4 is 11.8 Å². The van der Waals surface area contributed by atoms with E-state index in [0.717, 1.165) is 30.2 Å². The zero-order chi connectivity index (χ0) is 13.2. The van der Waals surface area contributed by atoms with E-state index in [0.29, 0.717) is 23.6 Å². The smallest absolute Gasteiger partial charge is 0.237 e. The summed E-state index contributed by atoms with van der Waals surface area (Å²) in [6.45, 7) is 4.27. The maximum atomic E-state index is 5.22. The van der Waals surface area contributed by atoms with Gasteiger partial charge in [-0.15, -0.1) is 5.10 Å². The van der Waals surface area contributed by atoms with Crippen LogP contribution in [-0.4, -0.2) is 30.3 Å². The summed E-state index contributed by atoms with van der Waals surface area (Å²) in [5.41, 5.74) is 0. The lowest BCUT2D eigenvalue weighted by atomic mass is 10.1. The topological polar surface area (TPSA) is 82.5 Å². The molecule has 1 aliphatic carbocycles. The molecule has 2 aromatic heterocycles. The zero-order valence-electron chi connectivity index (χ0n) is 11.0. The van der Waals surface area contributed by atoms with Crippen molar-refractivity contribution in [3.8, 4) is 0 Å². The number of rotatable bonds is 6. The Morgan fingerprint density at radius 1 is 1.42 bits per heavy atom. The van der Waals surface area contributed by atoms with Crippen molar-refractivity contribution in [1.82, 2.24) is 30.3 Å². The Bertz CT molecular complexity index is 547. The summed E-state index contributed by atoms with van der Waals surface area (Å²) >= 11 is 1.54. The van der Waals surface area contributed by atoms with E-state index in [1.165, 1.54) is 11.8 Å². The van der Waals surface area contributed by atoms with Crippen LogP contribution in [0.4, 0.5) is 0 Å². The number of hydrogen-bond acceptors (Lipinski definition) is 7. The average molecular weight is 280 g/mol. The molecule has 0 N–H and O–H groups in total. The van der Waals surface area contributed by atoms with E-state index < -0.39 is 0 Å². The van der Waals surface area contributed by atoms with Gasteiger partial charge in [-0.25, -0.2) is 4.68 Å². The van der Waals surface area contributed by atoms with E-state index in [4.69, 9.17) is 4.52 Å². The second-order valence-corrected chi connectivity index (χ2v) is 6.07. The number of aromatic nitrogens is 6. The van der Waals surface area contributed by atoms with Crippen LogP contribution in [0.2, 0.25) is 0 Å². The monoisotopic (exact) mass is 280 g/mol. The van der Waals surface area contributed by atoms with E-state index in [1.54, 1.807) is 0 Å². The predicted molar refractivity (Wildman–Crippen MR) is 68.5 cm³/mol. The molecule has 0 amide bonds. The van der Waals surface area contributed by atoms with Gasteiger partial charge in [0.15, 0.2) is 5.82 Å². The summed E-state index contributed by atoms with van der Waals surface area (Å²) in [6, 6.07) is 0.483. The molecule has 2 aromatic rings. The lowest BCUT2D eigenvalue weighted by molar-refractivity contribution is 0.382. The fourth-order valence-electron chi connectivity index (χ4n) is 1.75. The lowest BCUT2D eigenvalue weighted by Crippen LogP contribution is -1.99. The minimum Gasteiger partial charge on any atom is -0.338 e. The Morgan fingerprint density at radius 3 is 3.00 bits per heavy atom. The molecule has 3 rings (SSSR count). The molecule has 19 heavy (non-hydrogen) atoms. The van der Waals surface area contributed by atoms with Gasteiger partial charge in [0.2, 0.25) is 11.0 Å². The molecule has 0 saturated heterocycles. The van der Waals surface area contributed by atoms with Crippen LogP contribution in [0.5, 0.6) is 0 Å². The summed E-state index contributed by atoms with van der Waals surface area (Å²) in [4.78, 5) is 4.36. The molecule has 8 heteroatoms. The van der Waals surface area contributed by atoms with E-state index in [1.807, 2.05) is 4.68 Å². The first-order valence-corrected chi connectivity index (χ1v) is 7.43. The SMILES string of the molecule is CC(C)Cc1noc(CSc2nnnn2C2CC2)n1. The van der Waals surface area contributed by atoms with Gasteiger partial charge in [-0.1, -0.05) is 30.8 Å². The molecular weight excluding hydrogens is 264 g/mol. The van der Waals surface area contributed by atoms with E-state index in [9.17, 15) is 0 Å². The van der Waals surface area contributed by atoms with Crippen LogP contribution in [0.15, 0.2) is 9.68 Å². The predicted octanol–water partition coefficient (Wildman–Crippen LogP) is 1.88. The minimum absolute atomic E-state index is 0.483.